The Kier molecular flexibility index (Phi) is 4.15. The van der Waals surface area contributed by atoms with E-state index in [0.717, 1.165) is 44.7 Å². The van der Waals surface area contributed by atoms with Gasteiger partial charge >= 0.3 is 0 Å². The molecule has 2 aromatic heterocycles. The van der Waals surface area contributed by atoms with Crippen molar-refractivity contribution in [1.82, 2.24) is 24.0 Å². The van der Waals surface area contributed by atoms with Gasteiger partial charge in [0.05, 0.1) is 18.3 Å². The summed E-state index contributed by atoms with van der Waals surface area (Å²) in [6.07, 6.45) is 9.34. The van der Waals surface area contributed by atoms with Crippen molar-refractivity contribution in [2.75, 3.05) is 13.1 Å². The van der Waals surface area contributed by atoms with Gasteiger partial charge in [0, 0.05) is 38.6 Å². The Morgan fingerprint density at radius 1 is 1.29 bits per heavy atom. The number of piperidine rings is 1. The molecule has 0 atom stereocenters. The van der Waals surface area contributed by atoms with E-state index in [1.807, 2.05) is 17.9 Å². The number of hydrogen-bond acceptors (Lipinski definition) is 4. The summed E-state index contributed by atoms with van der Waals surface area (Å²) in [5.41, 5.74) is 1.17. The predicted molar refractivity (Wildman–Crippen MR) is 79.7 cm³/mol. The van der Waals surface area contributed by atoms with Crippen LogP contribution in [-0.2, 0) is 20.1 Å². The Morgan fingerprint density at radius 3 is 2.76 bits per heavy atom. The zero-order valence-corrected chi connectivity index (χ0v) is 12.4. The van der Waals surface area contributed by atoms with Crippen molar-refractivity contribution in [3.63, 3.8) is 0 Å². The van der Waals surface area contributed by atoms with Crippen LogP contribution in [0.1, 0.15) is 18.5 Å². The highest BCUT2D eigenvalue weighted by molar-refractivity contribution is 4.96. The summed E-state index contributed by atoms with van der Waals surface area (Å²) >= 11 is 0. The van der Waals surface area contributed by atoms with Gasteiger partial charge < -0.3 is 4.57 Å². The molecule has 0 unspecified atom stereocenters. The molecule has 3 heterocycles. The van der Waals surface area contributed by atoms with Crippen LogP contribution < -0.4 is 5.56 Å². The van der Waals surface area contributed by atoms with E-state index in [-0.39, 0.29) is 5.56 Å². The molecule has 1 fully saturated rings. The number of rotatable bonds is 4. The number of aromatic nitrogens is 4. The molecule has 0 amide bonds. The van der Waals surface area contributed by atoms with Gasteiger partial charge in [-0.1, -0.05) is 0 Å². The maximum atomic E-state index is 11.7. The maximum absolute atomic E-state index is 11.7. The van der Waals surface area contributed by atoms with Crippen LogP contribution in [0.15, 0.2) is 35.9 Å². The second-order valence-corrected chi connectivity index (χ2v) is 5.82. The van der Waals surface area contributed by atoms with Gasteiger partial charge in [0.25, 0.3) is 5.56 Å². The van der Waals surface area contributed by atoms with Crippen LogP contribution >= 0.6 is 0 Å². The zero-order chi connectivity index (χ0) is 14.7. The summed E-state index contributed by atoms with van der Waals surface area (Å²) in [6, 6.07) is 1.52. The molecule has 3 rings (SSSR count). The first kappa shape index (κ1) is 14.0. The highest BCUT2D eigenvalue weighted by Gasteiger charge is 2.20. The molecule has 1 saturated heterocycles. The number of aryl methyl sites for hydroxylation is 1. The van der Waals surface area contributed by atoms with Crippen molar-refractivity contribution in [2.24, 2.45) is 13.0 Å². The number of imidazole rings is 1. The van der Waals surface area contributed by atoms with Gasteiger partial charge in [-0.2, -0.15) is 0 Å². The average Bonchev–Trinajstić information content (AvgIpc) is 2.89. The lowest BCUT2D eigenvalue weighted by Crippen LogP contribution is -2.36. The molecule has 1 aliphatic heterocycles. The van der Waals surface area contributed by atoms with Gasteiger partial charge in [-0.15, -0.1) is 0 Å². The predicted octanol–water partition coefficient (Wildman–Crippen LogP) is 0.889. The second kappa shape index (κ2) is 6.22. The van der Waals surface area contributed by atoms with Crippen LogP contribution in [0.5, 0.6) is 0 Å². The molecule has 0 aromatic carbocycles. The quantitative estimate of drug-likeness (QED) is 0.838. The van der Waals surface area contributed by atoms with Crippen LogP contribution in [0.25, 0.3) is 0 Å². The third-order valence-electron chi connectivity index (χ3n) is 4.10. The van der Waals surface area contributed by atoms with Crippen molar-refractivity contribution in [2.45, 2.75) is 25.9 Å². The van der Waals surface area contributed by atoms with Crippen LogP contribution in [0, 0.1) is 5.92 Å². The molecule has 6 heteroatoms. The van der Waals surface area contributed by atoms with Crippen LogP contribution in [-0.4, -0.2) is 37.1 Å². The minimum atomic E-state index is 0.0425. The molecule has 0 spiro atoms. The largest absolute Gasteiger partial charge is 0.340 e. The molecule has 0 N–H and O–H groups in total. The van der Waals surface area contributed by atoms with Crippen molar-refractivity contribution in [3.8, 4) is 0 Å². The molecule has 112 valence electrons. The van der Waals surface area contributed by atoms with E-state index in [1.54, 1.807) is 17.1 Å². The molecule has 21 heavy (non-hydrogen) atoms. The topological polar surface area (TPSA) is 56.0 Å². The fourth-order valence-corrected chi connectivity index (χ4v) is 2.90. The smallest absolute Gasteiger partial charge is 0.253 e. The Balaban J connectivity index is 1.51. The fraction of sp³-hybridized carbons (Fsp3) is 0.533. The summed E-state index contributed by atoms with van der Waals surface area (Å²) in [4.78, 5) is 22.5. The summed E-state index contributed by atoms with van der Waals surface area (Å²) in [5.74, 6) is 0.562. The number of hydrogen-bond donors (Lipinski definition) is 0. The summed E-state index contributed by atoms with van der Waals surface area (Å²) in [6.45, 7) is 3.83. The molecule has 1 aliphatic rings. The minimum absolute atomic E-state index is 0.0425. The normalized spacial score (nSPS) is 17.2. The number of nitrogens with zero attached hydrogens (tertiary/aromatic N) is 5. The van der Waals surface area contributed by atoms with E-state index >= 15 is 0 Å². The molecule has 0 radical (unpaired) electrons. The van der Waals surface area contributed by atoms with E-state index in [9.17, 15) is 4.79 Å². The SMILES string of the molecule is Cn1cnc(CN2CCC(Cn3cnccc3=O)CC2)c1. The third kappa shape index (κ3) is 3.58. The van der Waals surface area contributed by atoms with E-state index in [2.05, 4.69) is 21.1 Å². The first-order chi connectivity index (χ1) is 10.2. The Morgan fingerprint density at radius 2 is 2.10 bits per heavy atom. The summed E-state index contributed by atoms with van der Waals surface area (Å²) in [5, 5.41) is 0. The van der Waals surface area contributed by atoms with E-state index < -0.39 is 0 Å². The highest BCUT2D eigenvalue weighted by atomic mass is 16.1. The summed E-state index contributed by atoms with van der Waals surface area (Å²) < 4.78 is 3.70. The van der Waals surface area contributed by atoms with Crippen molar-refractivity contribution in [1.29, 1.82) is 0 Å². The monoisotopic (exact) mass is 287 g/mol. The zero-order valence-electron chi connectivity index (χ0n) is 12.4. The minimum Gasteiger partial charge on any atom is -0.340 e. The van der Waals surface area contributed by atoms with Gasteiger partial charge in [-0.25, -0.2) is 9.97 Å². The second-order valence-electron chi connectivity index (χ2n) is 5.82. The molecule has 6 nitrogen and oxygen atoms in total. The lowest BCUT2D eigenvalue weighted by atomic mass is 9.96. The molecule has 0 bridgehead atoms. The standard InChI is InChI=1S/C15H21N5O/c1-18-9-14(17-12-18)10-19-6-3-13(4-7-19)8-20-11-16-5-2-15(20)21/h2,5,9,11-13H,3-4,6-8,10H2,1H3. The number of likely N-dealkylation sites (tertiary alicyclic amines) is 1. The van der Waals surface area contributed by atoms with E-state index in [4.69, 9.17) is 0 Å². The van der Waals surface area contributed by atoms with Crippen LogP contribution in [0.4, 0.5) is 0 Å². The molecule has 0 saturated carbocycles. The first-order valence-electron chi connectivity index (χ1n) is 7.40. The first-order valence-corrected chi connectivity index (χ1v) is 7.40. The molecular weight excluding hydrogens is 266 g/mol. The van der Waals surface area contributed by atoms with Crippen molar-refractivity contribution in [3.05, 3.63) is 47.2 Å². The third-order valence-corrected chi connectivity index (χ3v) is 4.10. The Labute approximate surface area is 124 Å². The van der Waals surface area contributed by atoms with Gasteiger partial charge in [0.2, 0.25) is 0 Å². The molecular formula is C15H21N5O. The van der Waals surface area contributed by atoms with Gasteiger partial charge in [-0.05, 0) is 31.8 Å². The lowest BCUT2D eigenvalue weighted by Gasteiger charge is -2.31. The van der Waals surface area contributed by atoms with Gasteiger partial charge in [-0.3, -0.25) is 14.3 Å². The Bertz CT molecular complexity index is 639. The van der Waals surface area contributed by atoms with E-state index in [0.29, 0.717) is 5.92 Å². The highest BCUT2D eigenvalue weighted by Crippen LogP contribution is 2.19. The molecule has 2 aromatic rings. The van der Waals surface area contributed by atoms with Crippen LogP contribution in [0.2, 0.25) is 0 Å². The Hall–Kier alpha value is -1.95. The van der Waals surface area contributed by atoms with E-state index in [1.165, 1.54) is 6.07 Å². The summed E-state index contributed by atoms with van der Waals surface area (Å²) in [7, 11) is 1.99. The van der Waals surface area contributed by atoms with Crippen molar-refractivity contribution >= 4 is 0 Å². The maximum Gasteiger partial charge on any atom is 0.253 e. The van der Waals surface area contributed by atoms with Crippen molar-refractivity contribution < 1.29 is 0 Å². The van der Waals surface area contributed by atoms with Crippen LogP contribution in [0.3, 0.4) is 0 Å². The van der Waals surface area contributed by atoms with Gasteiger partial charge in [0.1, 0.15) is 0 Å². The van der Waals surface area contributed by atoms with Gasteiger partial charge in [0.15, 0.2) is 0 Å². The molecule has 0 aliphatic carbocycles. The fourth-order valence-electron chi connectivity index (χ4n) is 2.90. The average molecular weight is 287 g/mol. The lowest BCUT2D eigenvalue weighted by molar-refractivity contribution is 0.165.